The molecule has 7 heteroatoms. The van der Waals surface area contributed by atoms with Gasteiger partial charge in [-0.15, -0.1) is 0 Å². The van der Waals surface area contributed by atoms with Gasteiger partial charge in [0, 0.05) is 18.9 Å². The number of piperidine rings is 1. The highest BCUT2D eigenvalue weighted by Crippen LogP contribution is 2.22. The number of rotatable bonds is 5. The van der Waals surface area contributed by atoms with Gasteiger partial charge >= 0.3 is 0 Å². The van der Waals surface area contributed by atoms with Crippen molar-refractivity contribution in [1.29, 1.82) is 0 Å². The van der Waals surface area contributed by atoms with Crippen molar-refractivity contribution < 1.29 is 19.2 Å². The first kappa shape index (κ1) is 17.3. The van der Waals surface area contributed by atoms with Gasteiger partial charge < -0.3 is 5.32 Å². The van der Waals surface area contributed by atoms with Crippen molar-refractivity contribution in [3.63, 3.8) is 0 Å². The summed E-state index contributed by atoms with van der Waals surface area (Å²) >= 11 is 0. The first-order valence-corrected chi connectivity index (χ1v) is 8.57. The number of fused-ring (bicyclic) bond motifs is 1. The molecule has 1 fully saturated rings. The number of hydrogen-bond acceptors (Lipinski definition) is 5. The number of imide groups is 2. The molecule has 1 saturated heterocycles. The fourth-order valence-electron chi connectivity index (χ4n) is 3.23. The zero-order valence-electron chi connectivity index (χ0n) is 13.9. The average Bonchev–Trinajstić information content (AvgIpc) is 2.87. The molecule has 0 bridgehead atoms. The molecule has 0 spiro atoms. The molecular weight excluding hydrogens is 322 g/mol. The predicted octanol–water partition coefficient (Wildman–Crippen LogP) is 0.705. The molecule has 0 saturated carbocycles. The van der Waals surface area contributed by atoms with Gasteiger partial charge in [0.1, 0.15) is 0 Å². The summed E-state index contributed by atoms with van der Waals surface area (Å²) in [7, 11) is 0. The third-order valence-electron chi connectivity index (χ3n) is 4.64. The van der Waals surface area contributed by atoms with Crippen LogP contribution < -0.4 is 10.6 Å². The number of carbonyl (C=O) groups excluding carboxylic acids is 4. The Balaban J connectivity index is 1.45. The monoisotopic (exact) mass is 343 g/mol. The van der Waals surface area contributed by atoms with Gasteiger partial charge in [-0.1, -0.05) is 12.1 Å². The molecule has 2 aliphatic rings. The first-order chi connectivity index (χ1) is 12.1. The number of nitrogens with one attached hydrogen (secondary N) is 2. The Morgan fingerprint density at radius 2 is 1.68 bits per heavy atom. The SMILES string of the molecule is O=C(CCCN1C(=O)c2ccccc2C1=O)NC(=O)C1CCNCC1. The summed E-state index contributed by atoms with van der Waals surface area (Å²) < 4.78 is 0. The lowest BCUT2D eigenvalue weighted by molar-refractivity contribution is -0.133. The smallest absolute Gasteiger partial charge is 0.261 e. The van der Waals surface area contributed by atoms with E-state index >= 15 is 0 Å². The highest BCUT2D eigenvalue weighted by atomic mass is 16.2. The fraction of sp³-hybridized carbons (Fsp3) is 0.444. The maximum Gasteiger partial charge on any atom is 0.261 e. The van der Waals surface area contributed by atoms with Gasteiger partial charge in [0.2, 0.25) is 11.8 Å². The molecule has 0 aromatic heterocycles. The molecule has 3 rings (SSSR count). The van der Waals surface area contributed by atoms with Crippen molar-refractivity contribution in [1.82, 2.24) is 15.5 Å². The standard InChI is InChI=1S/C18H21N3O4/c22-15(20-16(23)12-7-9-19-10-8-12)6-3-11-21-17(24)13-4-1-2-5-14(13)18(21)25/h1-2,4-5,12,19H,3,6-11H2,(H,20,22,23). The molecule has 7 nitrogen and oxygen atoms in total. The Kier molecular flexibility index (Phi) is 5.23. The summed E-state index contributed by atoms with van der Waals surface area (Å²) in [6.45, 7) is 1.74. The number of amides is 4. The van der Waals surface area contributed by atoms with Crippen LogP contribution in [0.3, 0.4) is 0 Å². The van der Waals surface area contributed by atoms with E-state index in [4.69, 9.17) is 0 Å². The Labute approximate surface area is 145 Å². The second kappa shape index (κ2) is 7.57. The highest BCUT2D eigenvalue weighted by Gasteiger charge is 2.34. The third-order valence-corrected chi connectivity index (χ3v) is 4.64. The van der Waals surface area contributed by atoms with Crippen LogP contribution >= 0.6 is 0 Å². The topological polar surface area (TPSA) is 95.6 Å². The van der Waals surface area contributed by atoms with Gasteiger partial charge in [0.15, 0.2) is 0 Å². The van der Waals surface area contributed by atoms with Gasteiger partial charge in [-0.25, -0.2) is 0 Å². The fourth-order valence-corrected chi connectivity index (χ4v) is 3.23. The molecular formula is C18H21N3O4. The van der Waals surface area contributed by atoms with E-state index in [9.17, 15) is 19.2 Å². The van der Waals surface area contributed by atoms with Crippen molar-refractivity contribution in [2.75, 3.05) is 19.6 Å². The van der Waals surface area contributed by atoms with Crippen LogP contribution in [0.1, 0.15) is 46.4 Å². The lowest BCUT2D eigenvalue weighted by atomic mass is 9.97. The van der Waals surface area contributed by atoms with Crippen LogP contribution in [0.2, 0.25) is 0 Å². The van der Waals surface area contributed by atoms with Crippen molar-refractivity contribution >= 4 is 23.6 Å². The Morgan fingerprint density at radius 1 is 1.08 bits per heavy atom. The van der Waals surface area contributed by atoms with Gasteiger partial charge in [0.05, 0.1) is 11.1 Å². The van der Waals surface area contributed by atoms with E-state index < -0.39 is 0 Å². The molecule has 2 heterocycles. The molecule has 132 valence electrons. The average molecular weight is 343 g/mol. The Bertz CT molecular complexity index is 675. The van der Waals surface area contributed by atoms with Crippen LogP contribution in [0.5, 0.6) is 0 Å². The van der Waals surface area contributed by atoms with Gasteiger partial charge in [-0.3, -0.25) is 29.4 Å². The van der Waals surface area contributed by atoms with Crippen molar-refractivity contribution in [3.8, 4) is 0 Å². The van der Waals surface area contributed by atoms with Gasteiger partial charge in [-0.2, -0.15) is 0 Å². The van der Waals surface area contributed by atoms with Crippen LogP contribution in [-0.2, 0) is 9.59 Å². The van der Waals surface area contributed by atoms with Crippen molar-refractivity contribution in [2.45, 2.75) is 25.7 Å². The van der Waals surface area contributed by atoms with E-state index in [0.717, 1.165) is 30.8 Å². The van der Waals surface area contributed by atoms with Crippen LogP contribution in [0, 0.1) is 5.92 Å². The minimum absolute atomic E-state index is 0.101. The van der Waals surface area contributed by atoms with Crippen molar-refractivity contribution in [2.24, 2.45) is 5.92 Å². The zero-order chi connectivity index (χ0) is 17.8. The maximum absolute atomic E-state index is 12.2. The van der Waals surface area contributed by atoms with Crippen LogP contribution in [-0.4, -0.2) is 48.2 Å². The molecule has 1 aromatic carbocycles. The van der Waals surface area contributed by atoms with E-state index in [1.165, 1.54) is 0 Å². The van der Waals surface area contributed by atoms with Crippen molar-refractivity contribution in [3.05, 3.63) is 35.4 Å². The molecule has 0 atom stereocenters. The lowest BCUT2D eigenvalue weighted by Crippen LogP contribution is -2.41. The highest BCUT2D eigenvalue weighted by molar-refractivity contribution is 6.21. The molecule has 0 radical (unpaired) electrons. The van der Waals surface area contributed by atoms with Gasteiger partial charge in [-0.05, 0) is 44.5 Å². The molecule has 0 unspecified atom stereocenters. The summed E-state index contributed by atoms with van der Waals surface area (Å²) in [5, 5.41) is 5.59. The van der Waals surface area contributed by atoms with E-state index in [0.29, 0.717) is 17.5 Å². The molecule has 0 aliphatic carbocycles. The normalized spacial score (nSPS) is 17.5. The van der Waals surface area contributed by atoms with E-state index in [1.54, 1.807) is 24.3 Å². The quantitative estimate of drug-likeness (QED) is 0.768. The van der Waals surface area contributed by atoms with E-state index in [-0.39, 0.29) is 42.5 Å². The second-order valence-electron chi connectivity index (χ2n) is 6.35. The Hall–Kier alpha value is -2.54. The van der Waals surface area contributed by atoms with Crippen LogP contribution in [0.4, 0.5) is 0 Å². The molecule has 1 aromatic rings. The maximum atomic E-state index is 12.2. The Morgan fingerprint density at radius 3 is 2.28 bits per heavy atom. The van der Waals surface area contributed by atoms with Crippen LogP contribution in [0.25, 0.3) is 0 Å². The summed E-state index contributed by atoms with van der Waals surface area (Å²) in [5.41, 5.74) is 0.802. The van der Waals surface area contributed by atoms with E-state index in [1.807, 2.05) is 0 Å². The number of nitrogens with zero attached hydrogens (tertiary/aromatic N) is 1. The minimum atomic E-state index is -0.361. The molecule has 2 N–H and O–H groups in total. The molecule has 25 heavy (non-hydrogen) atoms. The summed E-state index contributed by atoms with van der Waals surface area (Å²) in [4.78, 5) is 49.5. The lowest BCUT2D eigenvalue weighted by Gasteiger charge is -2.21. The first-order valence-electron chi connectivity index (χ1n) is 8.57. The minimum Gasteiger partial charge on any atom is -0.317 e. The summed E-state index contributed by atoms with van der Waals surface area (Å²) in [6, 6.07) is 6.68. The summed E-state index contributed by atoms with van der Waals surface area (Å²) in [6.07, 6.45) is 1.89. The second-order valence-corrected chi connectivity index (χ2v) is 6.35. The number of hydrogen-bond donors (Lipinski definition) is 2. The number of benzene rings is 1. The third kappa shape index (κ3) is 3.76. The summed E-state index contributed by atoms with van der Waals surface area (Å²) in [5.74, 6) is -1.37. The largest absolute Gasteiger partial charge is 0.317 e. The van der Waals surface area contributed by atoms with E-state index in [2.05, 4.69) is 10.6 Å². The van der Waals surface area contributed by atoms with Gasteiger partial charge in [0.25, 0.3) is 11.8 Å². The number of carbonyl (C=O) groups is 4. The molecule has 4 amide bonds. The zero-order valence-corrected chi connectivity index (χ0v) is 13.9. The predicted molar refractivity (Wildman–Crippen MR) is 89.8 cm³/mol. The molecule has 2 aliphatic heterocycles. The van der Waals surface area contributed by atoms with Crippen LogP contribution in [0.15, 0.2) is 24.3 Å².